The van der Waals surface area contributed by atoms with Crippen molar-refractivity contribution >= 4 is 5.69 Å². The van der Waals surface area contributed by atoms with Gasteiger partial charge in [0.1, 0.15) is 0 Å². The molecule has 102 valence electrons. The fourth-order valence-corrected chi connectivity index (χ4v) is 2.01. The zero-order valence-electron chi connectivity index (χ0n) is 11.9. The molecule has 0 aliphatic rings. The Morgan fingerprint density at radius 2 is 2.06 bits per heavy atom. The minimum Gasteiger partial charge on any atom is -0.399 e. The summed E-state index contributed by atoms with van der Waals surface area (Å²) in [7, 11) is 1.76. The summed E-state index contributed by atoms with van der Waals surface area (Å²) in [6.07, 6.45) is 2.30. The molecule has 0 unspecified atom stereocenters. The van der Waals surface area contributed by atoms with Crippen LogP contribution in [0.25, 0.3) is 0 Å². The van der Waals surface area contributed by atoms with E-state index < -0.39 is 0 Å². The first-order valence-corrected chi connectivity index (χ1v) is 6.71. The highest BCUT2D eigenvalue weighted by atomic mass is 16.5. The number of ether oxygens (including phenoxy) is 1. The number of hydrogen-bond acceptors (Lipinski definition) is 3. The van der Waals surface area contributed by atoms with E-state index in [-0.39, 0.29) is 0 Å². The molecule has 0 saturated carbocycles. The topological polar surface area (TPSA) is 38.5 Å². The van der Waals surface area contributed by atoms with Gasteiger partial charge in [-0.25, -0.2) is 0 Å². The summed E-state index contributed by atoms with van der Waals surface area (Å²) in [6.45, 7) is 7.40. The van der Waals surface area contributed by atoms with Crippen LogP contribution in [0, 0.1) is 0 Å². The van der Waals surface area contributed by atoms with Gasteiger partial charge < -0.3 is 10.5 Å². The van der Waals surface area contributed by atoms with Gasteiger partial charge in [-0.05, 0) is 50.9 Å². The van der Waals surface area contributed by atoms with E-state index in [0.29, 0.717) is 6.04 Å². The number of hydrogen-bond donors (Lipinski definition) is 1. The number of nitrogens with zero attached hydrogens (tertiary/aromatic N) is 1. The highest BCUT2D eigenvalue weighted by molar-refractivity contribution is 5.40. The SMILES string of the molecule is COCCCCN(Cc1cccc(N)c1)C(C)C. The van der Waals surface area contributed by atoms with Gasteiger partial charge in [-0.3, -0.25) is 4.90 Å². The standard InChI is InChI=1S/C15H26N2O/c1-13(2)17(9-4-5-10-18-3)12-14-7-6-8-15(16)11-14/h6-8,11,13H,4-5,9-10,12,16H2,1-3H3. The van der Waals surface area contributed by atoms with E-state index in [0.717, 1.165) is 31.8 Å². The van der Waals surface area contributed by atoms with Gasteiger partial charge in [0, 0.05) is 32.0 Å². The number of anilines is 1. The van der Waals surface area contributed by atoms with Crippen molar-refractivity contribution in [2.45, 2.75) is 39.3 Å². The van der Waals surface area contributed by atoms with E-state index >= 15 is 0 Å². The van der Waals surface area contributed by atoms with Crippen molar-refractivity contribution in [1.29, 1.82) is 0 Å². The summed E-state index contributed by atoms with van der Waals surface area (Å²) >= 11 is 0. The number of nitrogen functional groups attached to an aromatic ring is 1. The molecule has 0 spiro atoms. The van der Waals surface area contributed by atoms with E-state index in [1.165, 1.54) is 12.0 Å². The van der Waals surface area contributed by atoms with Crippen molar-refractivity contribution in [1.82, 2.24) is 4.90 Å². The maximum Gasteiger partial charge on any atom is 0.0462 e. The zero-order chi connectivity index (χ0) is 13.4. The Balaban J connectivity index is 2.47. The fraction of sp³-hybridized carbons (Fsp3) is 0.600. The van der Waals surface area contributed by atoms with E-state index in [1.807, 2.05) is 12.1 Å². The second-order valence-electron chi connectivity index (χ2n) is 5.01. The molecule has 1 aromatic carbocycles. The summed E-state index contributed by atoms with van der Waals surface area (Å²) in [4.78, 5) is 2.48. The molecule has 3 nitrogen and oxygen atoms in total. The van der Waals surface area contributed by atoms with Crippen LogP contribution in [-0.4, -0.2) is 31.2 Å². The third-order valence-electron chi connectivity index (χ3n) is 3.11. The van der Waals surface area contributed by atoms with Crippen molar-refractivity contribution in [2.24, 2.45) is 0 Å². The molecule has 2 N–H and O–H groups in total. The molecule has 3 heteroatoms. The second-order valence-corrected chi connectivity index (χ2v) is 5.01. The minimum absolute atomic E-state index is 0.550. The van der Waals surface area contributed by atoms with Crippen LogP contribution in [0.15, 0.2) is 24.3 Å². The molecular formula is C15H26N2O. The number of methoxy groups -OCH3 is 1. The average Bonchev–Trinajstić information content (AvgIpc) is 2.33. The quantitative estimate of drug-likeness (QED) is 0.569. The van der Waals surface area contributed by atoms with Gasteiger partial charge in [0.15, 0.2) is 0 Å². The Labute approximate surface area is 111 Å². The molecule has 0 bridgehead atoms. The highest BCUT2D eigenvalue weighted by Crippen LogP contribution is 2.12. The van der Waals surface area contributed by atoms with Gasteiger partial charge in [-0.1, -0.05) is 12.1 Å². The maximum atomic E-state index is 5.82. The van der Waals surface area contributed by atoms with Gasteiger partial charge >= 0.3 is 0 Å². The van der Waals surface area contributed by atoms with Crippen molar-refractivity contribution in [3.63, 3.8) is 0 Å². The first kappa shape index (κ1) is 15.0. The molecule has 0 radical (unpaired) electrons. The maximum absolute atomic E-state index is 5.82. The zero-order valence-corrected chi connectivity index (χ0v) is 11.9. The van der Waals surface area contributed by atoms with Crippen LogP contribution in [0.2, 0.25) is 0 Å². The van der Waals surface area contributed by atoms with Crippen LogP contribution in [-0.2, 0) is 11.3 Å². The lowest BCUT2D eigenvalue weighted by atomic mass is 10.1. The van der Waals surface area contributed by atoms with Crippen LogP contribution in [0.1, 0.15) is 32.3 Å². The molecule has 0 atom stereocenters. The van der Waals surface area contributed by atoms with Gasteiger partial charge in [0.05, 0.1) is 0 Å². The third kappa shape index (κ3) is 5.52. The number of benzene rings is 1. The molecule has 0 amide bonds. The van der Waals surface area contributed by atoms with E-state index in [4.69, 9.17) is 10.5 Å². The molecule has 0 aliphatic carbocycles. The Bertz CT molecular complexity index is 339. The highest BCUT2D eigenvalue weighted by Gasteiger charge is 2.09. The van der Waals surface area contributed by atoms with E-state index in [1.54, 1.807) is 7.11 Å². The largest absolute Gasteiger partial charge is 0.399 e. The summed E-state index contributed by atoms with van der Waals surface area (Å²) < 4.78 is 5.08. The summed E-state index contributed by atoms with van der Waals surface area (Å²) in [5, 5.41) is 0. The van der Waals surface area contributed by atoms with Crippen LogP contribution in [0.5, 0.6) is 0 Å². The third-order valence-corrected chi connectivity index (χ3v) is 3.11. The second kappa shape index (κ2) is 8.11. The van der Waals surface area contributed by atoms with Crippen molar-refractivity contribution in [3.8, 4) is 0 Å². The van der Waals surface area contributed by atoms with Crippen LogP contribution in [0.3, 0.4) is 0 Å². The van der Waals surface area contributed by atoms with Crippen LogP contribution < -0.4 is 5.73 Å². The molecule has 18 heavy (non-hydrogen) atoms. The normalized spacial score (nSPS) is 11.4. The molecular weight excluding hydrogens is 224 g/mol. The number of unbranched alkanes of at least 4 members (excludes halogenated alkanes) is 1. The van der Waals surface area contributed by atoms with Gasteiger partial charge in [0.2, 0.25) is 0 Å². The molecule has 0 saturated heterocycles. The molecule has 0 heterocycles. The molecule has 1 rings (SSSR count). The van der Waals surface area contributed by atoms with Gasteiger partial charge in [0.25, 0.3) is 0 Å². The van der Waals surface area contributed by atoms with Crippen molar-refractivity contribution in [3.05, 3.63) is 29.8 Å². The Morgan fingerprint density at radius 3 is 2.67 bits per heavy atom. The predicted molar refractivity (Wildman–Crippen MR) is 77.5 cm³/mol. The van der Waals surface area contributed by atoms with E-state index in [9.17, 15) is 0 Å². The smallest absolute Gasteiger partial charge is 0.0462 e. The first-order chi connectivity index (χ1) is 8.63. The average molecular weight is 250 g/mol. The summed E-state index contributed by atoms with van der Waals surface area (Å²) in [5.41, 5.74) is 7.95. The van der Waals surface area contributed by atoms with Crippen molar-refractivity contribution in [2.75, 3.05) is 26.0 Å². The Morgan fingerprint density at radius 1 is 1.28 bits per heavy atom. The minimum atomic E-state index is 0.550. The Hall–Kier alpha value is -1.06. The van der Waals surface area contributed by atoms with Crippen molar-refractivity contribution < 1.29 is 4.74 Å². The molecule has 1 aromatic rings. The summed E-state index contributed by atoms with van der Waals surface area (Å²) in [5.74, 6) is 0. The first-order valence-electron chi connectivity index (χ1n) is 6.71. The van der Waals surface area contributed by atoms with Gasteiger partial charge in [-0.15, -0.1) is 0 Å². The monoisotopic (exact) mass is 250 g/mol. The lowest BCUT2D eigenvalue weighted by molar-refractivity contribution is 0.171. The molecule has 0 aromatic heterocycles. The van der Waals surface area contributed by atoms with Gasteiger partial charge in [-0.2, -0.15) is 0 Å². The Kier molecular flexibility index (Phi) is 6.76. The summed E-state index contributed by atoms with van der Waals surface area (Å²) in [6, 6.07) is 8.70. The van der Waals surface area contributed by atoms with E-state index in [2.05, 4.69) is 30.9 Å². The van der Waals surface area contributed by atoms with Crippen LogP contribution in [0.4, 0.5) is 5.69 Å². The number of rotatable bonds is 8. The fourth-order valence-electron chi connectivity index (χ4n) is 2.01. The predicted octanol–water partition coefficient (Wildman–Crippen LogP) is 2.91. The number of nitrogens with two attached hydrogens (primary N) is 1. The molecule has 0 aliphatic heterocycles. The lowest BCUT2D eigenvalue weighted by Gasteiger charge is -2.26. The van der Waals surface area contributed by atoms with Crippen LogP contribution >= 0.6 is 0 Å². The lowest BCUT2D eigenvalue weighted by Crippen LogP contribution is -2.31. The molecule has 0 fully saturated rings.